The van der Waals surface area contributed by atoms with Gasteiger partial charge in [-0.05, 0) is 20.8 Å². The van der Waals surface area contributed by atoms with Gasteiger partial charge >= 0.3 is 0 Å². The van der Waals surface area contributed by atoms with E-state index in [1.165, 1.54) is 4.31 Å². The molecule has 1 saturated heterocycles. The van der Waals surface area contributed by atoms with E-state index in [0.29, 0.717) is 37.8 Å². The molecule has 0 aliphatic carbocycles. The van der Waals surface area contributed by atoms with Gasteiger partial charge in [-0.1, -0.05) is 5.16 Å². The summed E-state index contributed by atoms with van der Waals surface area (Å²) in [6.45, 7) is 9.89. The molecule has 2 rings (SSSR count). The summed E-state index contributed by atoms with van der Waals surface area (Å²) >= 11 is 0. The summed E-state index contributed by atoms with van der Waals surface area (Å²) in [7, 11) is -3.51. The van der Waals surface area contributed by atoms with Gasteiger partial charge in [0.05, 0.1) is 6.61 Å². The predicted octanol–water partition coefficient (Wildman–Crippen LogP) is 0.634. The first kappa shape index (κ1) is 16.4. The molecule has 0 radical (unpaired) electrons. The van der Waals surface area contributed by atoms with Crippen molar-refractivity contribution < 1.29 is 17.7 Å². The van der Waals surface area contributed by atoms with Crippen molar-refractivity contribution in [1.82, 2.24) is 14.4 Å². The molecule has 1 fully saturated rings. The zero-order valence-electron chi connectivity index (χ0n) is 12.8. The van der Waals surface area contributed by atoms with Crippen LogP contribution in [-0.4, -0.2) is 68.7 Å². The van der Waals surface area contributed by atoms with E-state index in [0.717, 1.165) is 19.6 Å². The molecule has 0 amide bonds. The lowest BCUT2D eigenvalue weighted by Gasteiger charge is -2.33. The van der Waals surface area contributed by atoms with Crippen molar-refractivity contribution in [2.24, 2.45) is 0 Å². The quantitative estimate of drug-likeness (QED) is 0.717. The van der Waals surface area contributed by atoms with Crippen molar-refractivity contribution in [3.05, 3.63) is 11.5 Å². The number of hydrogen-bond donors (Lipinski definition) is 0. The fraction of sp³-hybridized carbons (Fsp3) is 0.769. The molecule has 0 atom stereocenters. The first-order chi connectivity index (χ1) is 9.96. The molecule has 0 N–H and O–H groups in total. The molecule has 0 saturated carbocycles. The van der Waals surface area contributed by atoms with Gasteiger partial charge in [-0.15, -0.1) is 0 Å². The third-order valence-electron chi connectivity index (χ3n) is 3.65. The van der Waals surface area contributed by atoms with E-state index in [2.05, 4.69) is 10.1 Å². The van der Waals surface area contributed by atoms with Crippen molar-refractivity contribution >= 4 is 10.0 Å². The van der Waals surface area contributed by atoms with Crippen LogP contribution in [0.1, 0.15) is 18.4 Å². The Morgan fingerprint density at radius 1 is 1.24 bits per heavy atom. The van der Waals surface area contributed by atoms with Crippen molar-refractivity contribution in [1.29, 1.82) is 0 Å². The lowest BCUT2D eigenvalue weighted by molar-refractivity contribution is 0.0979. The van der Waals surface area contributed by atoms with Crippen molar-refractivity contribution in [2.75, 3.05) is 45.9 Å². The number of nitrogens with zero attached hydrogens (tertiary/aromatic N) is 3. The molecule has 0 unspecified atom stereocenters. The molecule has 0 aromatic carbocycles. The molecular formula is C13H23N3O4S. The first-order valence-electron chi connectivity index (χ1n) is 7.20. The zero-order chi connectivity index (χ0) is 15.5. The van der Waals surface area contributed by atoms with Crippen LogP contribution in [0.3, 0.4) is 0 Å². The van der Waals surface area contributed by atoms with Gasteiger partial charge < -0.3 is 9.26 Å². The van der Waals surface area contributed by atoms with Crippen LogP contribution in [0.2, 0.25) is 0 Å². The molecular weight excluding hydrogens is 294 g/mol. The molecule has 1 aromatic heterocycles. The average molecular weight is 317 g/mol. The Morgan fingerprint density at radius 2 is 1.90 bits per heavy atom. The Kier molecular flexibility index (Phi) is 5.37. The largest absolute Gasteiger partial charge is 0.380 e. The highest BCUT2D eigenvalue weighted by Gasteiger charge is 2.33. The molecule has 1 aromatic rings. The number of aromatic nitrogens is 1. The maximum absolute atomic E-state index is 12.6. The summed E-state index contributed by atoms with van der Waals surface area (Å²) < 4.78 is 37.1. The number of ether oxygens (including phenoxy) is 1. The number of aryl methyl sites for hydroxylation is 2. The molecule has 1 aliphatic heterocycles. The maximum atomic E-state index is 12.6. The van der Waals surface area contributed by atoms with Crippen molar-refractivity contribution in [3.8, 4) is 0 Å². The summed E-state index contributed by atoms with van der Waals surface area (Å²) in [6.07, 6.45) is 0. The number of sulfonamides is 1. The first-order valence-corrected chi connectivity index (χ1v) is 8.64. The smallest absolute Gasteiger partial charge is 0.248 e. The van der Waals surface area contributed by atoms with E-state index in [1.807, 2.05) is 6.92 Å². The summed E-state index contributed by atoms with van der Waals surface area (Å²) in [5, 5.41) is 3.73. The van der Waals surface area contributed by atoms with Crippen LogP contribution in [0.25, 0.3) is 0 Å². The lowest BCUT2D eigenvalue weighted by atomic mass is 10.3. The molecule has 2 heterocycles. The fourth-order valence-electron chi connectivity index (χ4n) is 2.50. The minimum absolute atomic E-state index is 0.213. The predicted molar refractivity (Wildman–Crippen MR) is 77.7 cm³/mol. The van der Waals surface area contributed by atoms with E-state index >= 15 is 0 Å². The van der Waals surface area contributed by atoms with Gasteiger partial charge in [-0.25, -0.2) is 8.42 Å². The number of piperazine rings is 1. The van der Waals surface area contributed by atoms with Crippen LogP contribution in [0.4, 0.5) is 0 Å². The molecule has 0 bridgehead atoms. The van der Waals surface area contributed by atoms with E-state index in [4.69, 9.17) is 9.26 Å². The highest BCUT2D eigenvalue weighted by Crippen LogP contribution is 2.24. The standard InChI is InChI=1S/C13H23N3O4S/c1-4-19-10-9-15-5-7-16(8-6-15)21(17,18)13-11(2)14-20-12(13)3/h4-10H2,1-3H3. The van der Waals surface area contributed by atoms with Crippen molar-refractivity contribution in [2.45, 2.75) is 25.7 Å². The molecule has 7 nitrogen and oxygen atoms in total. The number of hydrogen-bond acceptors (Lipinski definition) is 6. The third-order valence-corrected chi connectivity index (χ3v) is 5.80. The molecule has 8 heteroatoms. The fourth-order valence-corrected chi connectivity index (χ4v) is 4.22. The maximum Gasteiger partial charge on any atom is 0.248 e. The Bertz CT molecular complexity index is 542. The topological polar surface area (TPSA) is 75.9 Å². The lowest BCUT2D eigenvalue weighted by Crippen LogP contribution is -2.49. The minimum Gasteiger partial charge on any atom is -0.380 e. The summed E-state index contributed by atoms with van der Waals surface area (Å²) in [6, 6.07) is 0. The van der Waals surface area contributed by atoms with Gasteiger partial charge in [-0.2, -0.15) is 4.31 Å². The Hall–Kier alpha value is -0.960. The minimum atomic E-state index is -3.51. The highest BCUT2D eigenvalue weighted by atomic mass is 32.2. The van der Waals surface area contributed by atoms with E-state index in [-0.39, 0.29) is 4.90 Å². The normalized spacial score (nSPS) is 18.2. The molecule has 1 aliphatic rings. The van der Waals surface area contributed by atoms with Gasteiger partial charge in [0.25, 0.3) is 0 Å². The highest BCUT2D eigenvalue weighted by molar-refractivity contribution is 7.89. The average Bonchev–Trinajstić information content (AvgIpc) is 2.79. The van der Waals surface area contributed by atoms with E-state index in [1.54, 1.807) is 13.8 Å². The molecule has 0 spiro atoms. The Morgan fingerprint density at radius 3 is 2.43 bits per heavy atom. The van der Waals surface area contributed by atoms with Crippen LogP contribution >= 0.6 is 0 Å². The van der Waals surface area contributed by atoms with Crippen LogP contribution in [-0.2, 0) is 14.8 Å². The monoisotopic (exact) mass is 317 g/mol. The third kappa shape index (κ3) is 3.63. The van der Waals surface area contributed by atoms with Crippen LogP contribution < -0.4 is 0 Å². The second-order valence-electron chi connectivity index (χ2n) is 5.10. The van der Waals surface area contributed by atoms with Crippen LogP contribution in [0.5, 0.6) is 0 Å². The Balaban J connectivity index is 1.98. The molecule has 120 valence electrons. The SMILES string of the molecule is CCOCCN1CCN(S(=O)(=O)c2c(C)noc2C)CC1. The van der Waals surface area contributed by atoms with Crippen LogP contribution in [0.15, 0.2) is 9.42 Å². The van der Waals surface area contributed by atoms with Gasteiger partial charge in [0.15, 0.2) is 5.76 Å². The van der Waals surface area contributed by atoms with Crippen molar-refractivity contribution in [3.63, 3.8) is 0 Å². The zero-order valence-corrected chi connectivity index (χ0v) is 13.6. The van der Waals surface area contributed by atoms with Gasteiger partial charge in [0, 0.05) is 39.3 Å². The number of rotatable bonds is 6. The molecule has 21 heavy (non-hydrogen) atoms. The van der Waals surface area contributed by atoms with Gasteiger partial charge in [-0.3, -0.25) is 4.90 Å². The Labute approximate surface area is 125 Å². The van der Waals surface area contributed by atoms with Crippen LogP contribution in [0, 0.1) is 13.8 Å². The second-order valence-corrected chi connectivity index (χ2v) is 6.97. The van der Waals surface area contributed by atoms with E-state index in [9.17, 15) is 8.42 Å². The summed E-state index contributed by atoms with van der Waals surface area (Å²) in [4.78, 5) is 2.43. The summed E-state index contributed by atoms with van der Waals surface area (Å²) in [5.41, 5.74) is 0.422. The van der Waals surface area contributed by atoms with E-state index < -0.39 is 10.0 Å². The second kappa shape index (κ2) is 6.87. The van der Waals surface area contributed by atoms with Gasteiger partial charge in [0.2, 0.25) is 10.0 Å². The summed E-state index contributed by atoms with van der Waals surface area (Å²) in [5.74, 6) is 0.353. The van der Waals surface area contributed by atoms with Gasteiger partial charge in [0.1, 0.15) is 10.6 Å².